The predicted molar refractivity (Wildman–Crippen MR) is 194 cm³/mol. The normalized spacial score (nSPS) is 11.6. The Hall–Kier alpha value is -5.16. The number of fused-ring (bicyclic) bond motifs is 3. The molecule has 0 saturated carbocycles. The molecule has 47 heavy (non-hydrogen) atoms. The molecule has 0 N–H and O–H groups in total. The Labute approximate surface area is 277 Å². The number of para-hydroxylation sites is 1. The molecule has 5 nitrogen and oxygen atoms in total. The van der Waals surface area contributed by atoms with E-state index in [1.54, 1.807) is 0 Å². The van der Waals surface area contributed by atoms with E-state index in [0.717, 1.165) is 58.9 Å². The Morgan fingerprint density at radius 2 is 1.62 bits per heavy atom. The number of benzene rings is 4. The van der Waals surface area contributed by atoms with E-state index >= 15 is 0 Å². The average Bonchev–Trinajstić information content (AvgIpc) is 3.70. The van der Waals surface area contributed by atoms with E-state index in [9.17, 15) is 0 Å². The van der Waals surface area contributed by atoms with Crippen molar-refractivity contribution in [3.8, 4) is 34.1 Å². The third-order valence-corrected chi connectivity index (χ3v) is 9.04. The first-order valence-electron chi connectivity index (χ1n) is 16.9. The lowest BCUT2D eigenvalue weighted by Crippen LogP contribution is -2.00. The average molecular weight is 619 g/mol. The van der Waals surface area contributed by atoms with Gasteiger partial charge < -0.3 is 4.74 Å². The van der Waals surface area contributed by atoms with Gasteiger partial charge in [-0.15, -0.1) is 0 Å². The summed E-state index contributed by atoms with van der Waals surface area (Å²) in [5, 5.41) is 7.14. The fourth-order valence-electron chi connectivity index (χ4n) is 6.59. The minimum atomic E-state index is 0.657. The van der Waals surface area contributed by atoms with Gasteiger partial charge in [0.05, 0.1) is 22.9 Å². The van der Waals surface area contributed by atoms with Crippen molar-refractivity contribution in [2.45, 2.75) is 59.8 Å². The summed E-state index contributed by atoms with van der Waals surface area (Å²) in [5.41, 5.74) is 9.56. The molecule has 4 aromatic carbocycles. The monoisotopic (exact) mass is 618 g/mol. The molecule has 7 rings (SSSR count). The van der Waals surface area contributed by atoms with Crippen LogP contribution in [-0.4, -0.2) is 19.3 Å². The molecule has 0 amide bonds. The molecule has 0 radical (unpaired) electrons. The molecule has 236 valence electrons. The molecule has 0 bridgehead atoms. The van der Waals surface area contributed by atoms with Gasteiger partial charge in [-0.1, -0.05) is 69.7 Å². The van der Waals surface area contributed by atoms with Crippen LogP contribution in [0, 0.1) is 12.8 Å². The maximum atomic E-state index is 6.52. The van der Waals surface area contributed by atoms with E-state index < -0.39 is 0 Å². The van der Waals surface area contributed by atoms with Gasteiger partial charge in [0.1, 0.15) is 17.3 Å². The number of rotatable bonds is 11. The first-order chi connectivity index (χ1) is 23.0. The molecule has 0 aliphatic rings. The summed E-state index contributed by atoms with van der Waals surface area (Å²) in [5.74, 6) is 3.12. The summed E-state index contributed by atoms with van der Waals surface area (Å²) in [6.07, 6.45) is 11.7. The Bertz CT molecular complexity index is 2170. The van der Waals surface area contributed by atoms with Crippen LogP contribution in [0.25, 0.3) is 44.4 Å². The second-order valence-corrected chi connectivity index (χ2v) is 13.0. The smallest absolute Gasteiger partial charge is 0.137 e. The molecule has 0 fully saturated rings. The zero-order chi connectivity index (χ0) is 32.3. The third-order valence-electron chi connectivity index (χ3n) is 9.04. The van der Waals surface area contributed by atoms with Crippen LogP contribution >= 0.6 is 0 Å². The fraction of sp³-hybridized carbons (Fsp3) is 0.238. The standard InChI is InChI=1S/C42H42N4O/c1-5-6-12-32-13-9-11-30(4)42(32)33-27-44-45(28-33)34-14-10-15-35(25-34)47-36-20-21-38-37-16-7-8-17-39(37)46(40(38)26-36)41-24-31(22-23-43-41)19-18-29(2)3/h7-11,13-17,20-29H,5-6,12,18-19H2,1-4H3. The highest BCUT2D eigenvalue weighted by Crippen LogP contribution is 2.36. The van der Waals surface area contributed by atoms with Gasteiger partial charge >= 0.3 is 0 Å². The van der Waals surface area contributed by atoms with E-state index in [0.29, 0.717) is 5.92 Å². The van der Waals surface area contributed by atoms with Crippen LogP contribution in [0.15, 0.2) is 116 Å². The third kappa shape index (κ3) is 6.31. The lowest BCUT2D eigenvalue weighted by Gasteiger charge is -2.12. The number of pyridine rings is 1. The van der Waals surface area contributed by atoms with E-state index in [-0.39, 0.29) is 0 Å². The molecule has 0 saturated heterocycles. The minimum absolute atomic E-state index is 0.657. The number of hydrogen-bond acceptors (Lipinski definition) is 3. The lowest BCUT2D eigenvalue weighted by atomic mass is 9.94. The molecule has 0 aliphatic carbocycles. The minimum Gasteiger partial charge on any atom is -0.457 e. The molecule has 5 heteroatoms. The van der Waals surface area contributed by atoms with Gasteiger partial charge in [-0.25, -0.2) is 9.67 Å². The molecular weight excluding hydrogens is 576 g/mol. The Kier molecular flexibility index (Phi) is 8.62. The lowest BCUT2D eigenvalue weighted by molar-refractivity contribution is 0.483. The number of nitrogens with zero attached hydrogens (tertiary/aromatic N) is 4. The summed E-state index contributed by atoms with van der Waals surface area (Å²) in [6.45, 7) is 8.97. The zero-order valence-corrected chi connectivity index (χ0v) is 27.8. The van der Waals surface area contributed by atoms with Gasteiger partial charge in [-0.05, 0) is 103 Å². The van der Waals surface area contributed by atoms with Gasteiger partial charge in [0.25, 0.3) is 0 Å². The Morgan fingerprint density at radius 3 is 2.49 bits per heavy atom. The second kappa shape index (κ2) is 13.3. The predicted octanol–water partition coefficient (Wildman–Crippen LogP) is 11.1. The maximum Gasteiger partial charge on any atom is 0.137 e. The van der Waals surface area contributed by atoms with Gasteiger partial charge in [0.2, 0.25) is 0 Å². The van der Waals surface area contributed by atoms with Crippen molar-refractivity contribution < 1.29 is 4.74 Å². The second-order valence-electron chi connectivity index (χ2n) is 13.0. The summed E-state index contributed by atoms with van der Waals surface area (Å²) in [6, 6.07) is 34.0. The topological polar surface area (TPSA) is 44.9 Å². The maximum absolute atomic E-state index is 6.52. The van der Waals surface area contributed by atoms with Gasteiger partial charge in [-0.2, -0.15) is 5.10 Å². The van der Waals surface area contributed by atoms with Crippen molar-refractivity contribution >= 4 is 21.8 Å². The summed E-state index contributed by atoms with van der Waals surface area (Å²) >= 11 is 0. The highest BCUT2D eigenvalue weighted by molar-refractivity contribution is 6.09. The molecule has 0 spiro atoms. The quantitative estimate of drug-likeness (QED) is 0.145. The molecule has 0 unspecified atom stereocenters. The largest absolute Gasteiger partial charge is 0.457 e. The van der Waals surface area contributed by atoms with E-state index in [2.05, 4.69) is 117 Å². The van der Waals surface area contributed by atoms with Gasteiger partial charge in [0.15, 0.2) is 0 Å². The summed E-state index contributed by atoms with van der Waals surface area (Å²) in [7, 11) is 0. The van der Waals surface area contributed by atoms with Gasteiger partial charge in [-0.3, -0.25) is 4.57 Å². The van der Waals surface area contributed by atoms with E-state index in [1.807, 2.05) is 35.3 Å². The van der Waals surface area contributed by atoms with Crippen LogP contribution < -0.4 is 4.74 Å². The van der Waals surface area contributed by atoms with Crippen molar-refractivity contribution in [3.63, 3.8) is 0 Å². The van der Waals surface area contributed by atoms with Crippen molar-refractivity contribution in [2.24, 2.45) is 5.92 Å². The first-order valence-corrected chi connectivity index (χ1v) is 16.9. The SMILES string of the molecule is CCCCc1cccc(C)c1-c1cnn(-c2cccc(Oc3ccc4c5ccccc5n(-c5cc(CCC(C)C)ccn5)c4c3)c2)c1. The van der Waals surface area contributed by atoms with Crippen LogP contribution in [-0.2, 0) is 12.8 Å². The molecule has 3 heterocycles. The molecule has 7 aromatic rings. The Morgan fingerprint density at radius 1 is 0.787 bits per heavy atom. The number of hydrogen-bond donors (Lipinski definition) is 0. The van der Waals surface area contributed by atoms with Crippen molar-refractivity contribution in [2.75, 3.05) is 0 Å². The highest BCUT2D eigenvalue weighted by atomic mass is 16.5. The van der Waals surface area contributed by atoms with Crippen LogP contribution in [0.4, 0.5) is 0 Å². The van der Waals surface area contributed by atoms with Crippen LogP contribution in [0.2, 0.25) is 0 Å². The van der Waals surface area contributed by atoms with Crippen LogP contribution in [0.3, 0.4) is 0 Å². The number of unbranched alkanes of at least 4 members (excludes halogenated alkanes) is 1. The highest BCUT2D eigenvalue weighted by Gasteiger charge is 2.15. The zero-order valence-electron chi connectivity index (χ0n) is 27.8. The summed E-state index contributed by atoms with van der Waals surface area (Å²) < 4.78 is 10.7. The number of aryl methyl sites for hydroxylation is 3. The van der Waals surface area contributed by atoms with Crippen molar-refractivity contribution in [3.05, 3.63) is 132 Å². The van der Waals surface area contributed by atoms with Crippen LogP contribution in [0.5, 0.6) is 11.5 Å². The number of ether oxygens (including phenoxy) is 1. The molecule has 0 aliphatic heterocycles. The van der Waals surface area contributed by atoms with E-state index in [1.165, 1.54) is 45.9 Å². The molecule has 0 atom stereocenters. The molecule has 3 aromatic heterocycles. The van der Waals surface area contributed by atoms with Crippen LogP contribution in [0.1, 0.15) is 56.7 Å². The van der Waals surface area contributed by atoms with Gasteiger partial charge in [0, 0.05) is 40.9 Å². The summed E-state index contributed by atoms with van der Waals surface area (Å²) in [4.78, 5) is 4.83. The first kappa shape index (κ1) is 30.5. The van der Waals surface area contributed by atoms with Crippen molar-refractivity contribution in [1.82, 2.24) is 19.3 Å². The van der Waals surface area contributed by atoms with E-state index in [4.69, 9.17) is 14.8 Å². The van der Waals surface area contributed by atoms with Crippen molar-refractivity contribution in [1.29, 1.82) is 0 Å². The molecular formula is C42H42N4O. The fourth-order valence-corrected chi connectivity index (χ4v) is 6.59. The number of aromatic nitrogens is 4. The Balaban J connectivity index is 1.21.